The number of nitrogens with zero attached hydrogens (tertiary/aromatic N) is 4. The van der Waals surface area contributed by atoms with Crippen LogP contribution in [0.5, 0.6) is 0 Å². The Morgan fingerprint density at radius 1 is 1.22 bits per heavy atom. The van der Waals surface area contributed by atoms with Gasteiger partial charge in [0.1, 0.15) is 5.69 Å². The van der Waals surface area contributed by atoms with Gasteiger partial charge in [0.25, 0.3) is 5.69 Å². The van der Waals surface area contributed by atoms with Crippen LogP contribution in [0, 0.1) is 10.1 Å². The molecule has 0 aliphatic rings. The monoisotopic (exact) mass is 380 g/mol. The van der Waals surface area contributed by atoms with Crippen molar-refractivity contribution in [2.24, 2.45) is 5.10 Å². The summed E-state index contributed by atoms with van der Waals surface area (Å²) in [6.45, 7) is 0. The average molecular weight is 380 g/mol. The predicted molar refractivity (Wildman–Crippen MR) is 108 cm³/mol. The van der Waals surface area contributed by atoms with Crippen LogP contribution in [0.2, 0.25) is 0 Å². The van der Waals surface area contributed by atoms with Gasteiger partial charge in [-0.3, -0.25) is 15.5 Å². The maximum absolute atomic E-state index is 10.8. The molecule has 2 N–H and O–H groups in total. The smallest absolute Gasteiger partial charge is 0.269 e. The molecule has 2 aromatic carbocycles. The quantitative estimate of drug-likeness (QED) is 0.306. The van der Waals surface area contributed by atoms with E-state index in [1.165, 1.54) is 12.1 Å². The summed E-state index contributed by atoms with van der Waals surface area (Å²) < 4.78 is 1.66. The molecule has 1 aromatic heterocycles. The summed E-state index contributed by atoms with van der Waals surface area (Å²) in [5, 5.41) is 22.7. The van der Waals surface area contributed by atoms with Gasteiger partial charge in [-0.1, -0.05) is 30.3 Å². The van der Waals surface area contributed by atoms with Crippen molar-refractivity contribution in [2.75, 3.05) is 7.05 Å². The lowest BCUT2D eigenvalue weighted by atomic mass is 10.1. The normalized spacial score (nSPS) is 10.7. The average Bonchev–Trinajstić information content (AvgIpc) is 3.12. The third kappa shape index (κ3) is 4.33. The topological polar surface area (TPSA) is 97.4 Å². The molecule has 0 atom stereocenters. The van der Waals surface area contributed by atoms with Gasteiger partial charge in [0.05, 0.1) is 16.8 Å². The number of nitro benzene ring substituents is 1. The second-order valence-electron chi connectivity index (χ2n) is 5.47. The SMILES string of the molecule is CNC(=S)N/N=C/c1cn(-c2ccc([N+](=O)[O-])cc2)nc1-c1ccccc1. The standard InChI is InChI=1S/C18H16N6O2S/c1-19-18(27)21-20-11-14-12-23(15-7-9-16(10-8-15)24(25)26)22-17(14)13-5-3-2-4-6-13/h2-12H,1H3,(H2,19,21,27)/b20-11+. The Balaban J connectivity index is 1.98. The summed E-state index contributed by atoms with van der Waals surface area (Å²) in [4.78, 5) is 10.4. The number of benzene rings is 2. The van der Waals surface area contributed by atoms with Crippen molar-refractivity contribution >= 4 is 29.2 Å². The highest BCUT2D eigenvalue weighted by Crippen LogP contribution is 2.23. The molecule has 0 fully saturated rings. The van der Waals surface area contributed by atoms with Crippen LogP contribution in [0.25, 0.3) is 16.9 Å². The van der Waals surface area contributed by atoms with Crippen molar-refractivity contribution in [3.8, 4) is 16.9 Å². The van der Waals surface area contributed by atoms with E-state index < -0.39 is 4.92 Å². The zero-order valence-corrected chi connectivity index (χ0v) is 15.2. The molecule has 0 spiro atoms. The van der Waals surface area contributed by atoms with Crippen molar-refractivity contribution in [1.29, 1.82) is 0 Å². The van der Waals surface area contributed by atoms with E-state index in [9.17, 15) is 10.1 Å². The number of nitro groups is 1. The van der Waals surface area contributed by atoms with Crippen LogP contribution in [0.4, 0.5) is 5.69 Å². The minimum absolute atomic E-state index is 0.0285. The van der Waals surface area contributed by atoms with Gasteiger partial charge in [-0.2, -0.15) is 10.2 Å². The van der Waals surface area contributed by atoms with Crippen molar-refractivity contribution in [3.05, 3.63) is 76.5 Å². The van der Waals surface area contributed by atoms with E-state index in [0.29, 0.717) is 10.8 Å². The number of nitrogens with one attached hydrogen (secondary N) is 2. The molecular weight excluding hydrogens is 364 g/mol. The largest absolute Gasteiger partial charge is 0.364 e. The van der Waals surface area contributed by atoms with E-state index >= 15 is 0 Å². The maximum Gasteiger partial charge on any atom is 0.269 e. The molecule has 3 aromatic rings. The maximum atomic E-state index is 10.8. The Kier molecular flexibility index (Phi) is 5.53. The Bertz CT molecular complexity index is 983. The minimum atomic E-state index is -0.434. The first kappa shape index (κ1) is 18.2. The number of non-ortho nitro benzene ring substituents is 1. The molecule has 0 aliphatic carbocycles. The first-order chi connectivity index (χ1) is 13.1. The third-order valence-electron chi connectivity index (χ3n) is 3.71. The van der Waals surface area contributed by atoms with Crippen LogP contribution in [0.15, 0.2) is 65.9 Å². The summed E-state index contributed by atoms with van der Waals surface area (Å²) in [7, 11) is 1.70. The molecule has 1 heterocycles. The Hall–Kier alpha value is -3.59. The van der Waals surface area contributed by atoms with Crippen LogP contribution in [-0.2, 0) is 0 Å². The van der Waals surface area contributed by atoms with Crippen molar-refractivity contribution in [2.45, 2.75) is 0 Å². The highest BCUT2D eigenvalue weighted by atomic mass is 32.1. The highest BCUT2D eigenvalue weighted by Gasteiger charge is 2.12. The fraction of sp³-hybridized carbons (Fsp3) is 0.0556. The fourth-order valence-electron chi connectivity index (χ4n) is 2.38. The van der Waals surface area contributed by atoms with Crippen LogP contribution in [0.3, 0.4) is 0 Å². The summed E-state index contributed by atoms with van der Waals surface area (Å²) in [5.41, 5.74) is 5.87. The molecule has 0 bridgehead atoms. The van der Waals surface area contributed by atoms with Crippen molar-refractivity contribution < 1.29 is 4.92 Å². The van der Waals surface area contributed by atoms with Crippen molar-refractivity contribution in [1.82, 2.24) is 20.5 Å². The first-order valence-corrected chi connectivity index (χ1v) is 8.40. The van der Waals surface area contributed by atoms with Crippen molar-refractivity contribution in [3.63, 3.8) is 0 Å². The number of hydrazone groups is 1. The van der Waals surface area contributed by atoms with E-state index in [1.54, 1.807) is 36.3 Å². The number of aromatic nitrogens is 2. The lowest BCUT2D eigenvalue weighted by molar-refractivity contribution is -0.384. The molecule has 0 amide bonds. The fourth-order valence-corrected chi connectivity index (χ4v) is 2.43. The number of hydrogen-bond acceptors (Lipinski definition) is 5. The number of rotatable bonds is 5. The summed E-state index contributed by atoms with van der Waals surface area (Å²) in [6.07, 6.45) is 3.43. The highest BCUT2D eigenvalue weighted by molar-refractivity contribution is 7.80. The van der Waals surface area contributed by atoms with E-state index in [4.69, 9.17) is 12.2 Å². The molecule has 27 heavy (non-hydrogen) atoms. The van der Waals surface area contributed by atoms with Crippen LogP contribution < -0.4 is 10.7 Å². The summed E-state index contributed by atoms with van der Waals surface area (Å²) in [5.74, 6) is 0. The molecule has 8 nitrogen and oxygen atoms in total. The van der Waals surface area contributed by atoms with E-state index in [-0.39, 0.29) is 5.69 Å². The van der Waals surface area contributed by atoms with Gasteiger partial charge in [-0.05, 0) is 24.4 Å². The lowest BCUT2D eigenvalue weighted by Gasteiger charge is -2.01. The van der Waals surface area contributed by atoms with Crippen LogP contribution >= 0.6 is 12.2 Å². The first-order valence-electron chi connectivity index (χ1n) is 7.99. The Morgan fingerprint density at radius 3 is 2.56 bits per heavy atom. The van der Waals surface area contributed by atoms with Crippen LogP contribution in [-0.4, -0.2) is 33.1 Å². The number of thiocarbonyl (C=S) groups is 1. The van der Waals surface area contributed by atoms with E-state index in [2.05, 4.69) is 20.9 Å². The zero-order valence-electron chi connectivity index (χ0n) is 14.4. The van der Waals surface area contributed by atoms with Gasteiger partial charge in [0.15, 0.2) is 5.11 Å². The molecular formula is C18H16N6O2S. The van der Waals surface area contributed by atoms with Gasteiger partial charge < -0.3 is 5.32 Å². The van der Waals surface area contributed by atoms with E-state index in [0.717, 1.165) is 16.8 Å². The molecule has 136 valence electrons. The van der Waals surface area contributed by atoms with E-state index in [1.807, 2.05) is 30.3 Å². The summed E-state index contributed by atoms with van der Waals surface area (Å²) >= 11 is 5.00. The molecule has 0 saturated heterocycles. The minimum Gasteiger partial charge on any atom is -0.364 e. The zero-order chi connectivity index (χ0) is 19.2. The van der Waals surface area contributed by atoms with Gasteiger partial charge in [0, 0.05) is 36.5 Å². The Morgan fingerprint density at radius 2 is 1.93 bits per heavy atom. The lowest BCUT2D eigenvalue weighted by Crippen LogP contribution is -2.28. The predicted octanol–water partition coefficient (Wildman–Crippen LogP) is 2.88. The number of hydrogen-bond donors (Lipinski definition) is 2. The Labute approximate surface area is 160 Å². The molecule has 0 unspecified atom stereocenters. The van der Waals surface area contributed by atoms with Gasteiger partial charge in [0.2, 0.25) is 0 Å². The molecule has 3 rings (SSSR count). The van der Waals surface area contributed by atoms with Gasteiger partial charge in [-0.15, -0.1) is 0 Å². The van der Waals surface area contributed by atoms with Crippen LogP contribution in [0.1, 0.15) is 5.56 Å². The van der Waals surface area contributed by atoms with Gasteiger partial charge in [-0.25, -0.2) is 4.68 Å². The molecule has 9 heteroatoms. The summed E-state index contributed by atoms with van der Waals surface area (Å²) in [6, 6.07) is 15.9. The molecule has 0 radical (unpaired) electrons. The second-order valence-corrected chi connectivity index (χ2v) is 5.87. The molecule has 0 aliphatic heterocycles. The molecule has 0 saturated carbocycles. The third-order valence-corrected chi connectivity index (χ3v) is 4.01. The van der Waals surface area contributed by atoms with Gasteiger partial charge >= 0.3 is 0 Å². The second kappa shape index (κ2) is 8.19.